The molecule has 2 aromatic heterocycles. The minimum Gasteiger partial charge on any atom is -0.475 e. The van der Waals surface area contributed by atoms with Crippen molar-refractivity contribution in [3.05, 3.63) is 24.3 Å². The summed E-state index contributed by atoms with van der Waals surface area (Å²) in [6, 6.07) is 1.59. The molecule has 2 aromatic rings. The van der Waals surface area contributed by atoms with Crippen molar-refractivity contribution < 1.29 is 9.53 Å². The van der Waals surface area contributed by atoms with Gasteiger partial charge in [0.15, 0.2) is 11.5 Å². The van der Waals surface area contributed by atoms with Crippen molar-refractivity contribution in [2.24, 2.45) is 5.73 Å². The molecule has 2 heterocycles. The smallest absolute Gasteiger partial charge is 0.271 e. The SMILES string of the molecule is CC(C)Oc1cc(-n2cc(N)c(C(N)=O)n2)ncn1. The lowest BCUT2D eigenvalue weighted by Gasteiger charge is -2.08. The highest BCUT2D eigenvalue weighted by Crippen LogP contribution is 2.15. The molecule has 0 atom stereocenters. The van der Waals surface area contributed by atoms with Gasteiger partial charge in [-0.2, -0.15) is 5.10 Å². The summed E-state index contributed by atoms with van der Waals surface area (Å²) < 4.78 is 6.80. The van der Waals surface area contributed by atoms with E-state index in [0.29, 0.717) is 11.7 Å². The standard InChI is InChI=1S/C11H14N6O2/c1-6(2)19-9-3-8(14-5-15-9)17-4-7(12)10(16-17)11(13)18/h3-6H,12H2,1-2H3,(H2,13,18). The lowest BCUT2D eigenvalue weighted by molar-refractivity contribution is 0.0996. The molecule has 8 nitrogen and oxygen atoms in total. The Morgan fingerprint density at radius 3 is 2.74 bits per heavy atom. The minimum absolute atomic E-state index is 0.00457. The Morgan fingerprint density at radius 2 is 2.16 bits per heavy atom. The third kappa shape index (κ3) is 2.79. The molecule has 1 amide bonds. The van der Waals surface area contributed by atoms with Crippen LogP contribution >= 0.6 is 0 Å². The van der Waals surface area contributed by atoms with Crippen LogP contribution in [0.3, 0.4) is 0 Å². The normalized spacial score (nSPS) is 10.7. The summed E-state index contributed by atoms with van der Waals surface area (Å²) in [6.07, 6.45) is 2.79. The lowest BCUT2D eigenvalue weighted by atomic mass is 10.4. The Morgan fingerprint density at radius 1 is 1.42 bits per heavy atom. The van der Waals surface area contributed by atoms with Gasteiger partial charge in [0.2, 0.25) is 5.88 Å². The van der Waals surface area contributed by atoms with Crippen molar-refractivity contribution in [3.8, 4) is 11.7 Å². The molecule has 0 bridgehead atoms. The first kappa shape index (κ1) is 12.8. The predicted molar refractivity (Wildman–Crippen MR) is 67.8 cm³/mol. The number of hydrogen-bond donors (Lipinski definition) is 2. The second-order valence-electron chi connectivity index (χ2n) is 4.12. The average molecular weight is 262 g/mol. The third-order valence-electron chi connectivity index (χ3n) is 2.19. The first-order chi connectivity index (χ1) is 8.97. The van der Waals surface area contributed by atoms with Crippen molar-refractivity contribution in [2.45, 2.75) is 20.0 Å². The van der Waals surface area contributed by atoms with Crippen LogP contribution in [0.4, 0.5) is 5.69 Å². The Labute approximate surface area is 109 Å². The zero-order valence-corrected chi connectivity index (χ0v) is 10.6. The van der Waals surface area contributed by atoms with Crippen molar-refractivity contribution in [2.75, 3.05) is 5.73 Å². The number of ether oxygens (including phenoxy) is 1. The molecule has 8 heteroatoms. The van der Waals surface area contributed by atoms with Crippen LogP contribution in [0.15, 0.2) is 18.6 Å². The van der Waals surface area contributed by atoms with Crippen molar-refractivity contribution >= 4 is 11.6 Å². The molecular formula is C11H14N6O2. The van der Waals surface area contributed by atoms with Gasteiger partial charge < -0.3 is 16.2 Å². The number of carbonyl (C=O) groups excluding carboxylic acids is 1. The van der Waals surface area contributed by atoms with Crippen LogP contribution < -0.4 is 16.2 Å². The number of nitrogens with zero attached hydrogens (tertiary/aromatic N) is 4. The van der Waals surface area contributed by atoms with Gasteiger partial charge in [-0.25, -0.2) is 14.6 Å². The van der Waals surface area contributed by atoms with Gasteiger partial charge in [-0.1, -0.05) is 0 Å². The number of rotatable bonds is 4. The Bertz CT molecular complexity index is 607. The van der Waals surface area contributed by atoms with Crippen LogP contribution in [0.1, 0.15) is 24.3 Å². The molecule has 0 radical (unpaired) electrons. The van der Waals surface area contributed by atoms with E-state index in [0.717, 1.165) is 0 Å². The summed E-state index contributed by atoms with van der Waals surface area (Å²) in [5.41, 5.74) is 11.0. The number of hydrogen-bond acceptors (Lipinski definition) is 6. The van der Waals surface area contributed by atoms with Gasteiger partial charge in [0.25, 0.3) is 5.91 Å². The average Bonchev–Trinajstić information content (AvgIpc) is 2.71. The monoisotopic (exact) mass is 262 g/mol. The molecule has 0 saturated carbocycles. The molecular weight excluding hydrogens is 248 g/mol. The number of aromatic nitrogens is 4. The molecule has 0 aromatic carbocycles. The quantitative estimate of drug-likeness (QED) is 0.807. The molecule has 4 N–H and O–H groups in total. The van der Waals surface area contributed by atoms with Crippen molar-refractivity contribution in [1.82, 2.24) is 19.7 Å². The van der Waals surface area contributed by atoms with E-state index < -0.39 is 5.91 Å². The van der Waals surface area contributed by atoms with E-state index in [1.54, 1.807) is 6.07 Å². The van der Waals surface area contributed by atoms with E-state index >= 15 is 0 Å². The number of primary amides is 1. The largest absolute Gasteiger partial charge is 0.475 e. The van der Waals surface area contributed by atoms with Crippen LogP contribution in [-0.2, 0) is 0 Å². The van der Waals surface area contributed by atoms with Gasteiger partial charge in [-0.3, -0.25) is 4.79 Å². The zero-order chi connectivity index (χ0) is 14.0. The van der Waals surface area contributed by atoms with Crippen molar-refractivity contribution in [1.29, 1.82) is 0 Å². The first-order valence-corrected chi connectivity index (χ1v) is 5.61. The maximum absolute atomic E-state index is 11.1. The Hall–Kier alpha value is -2.64. The molecule has 0 spiro atoms. The molecule has 100 valence electrons. The van der Waals surface area contributed by atoms with Crippen LogP contribution in [0.2, 0.25) is 0 Å². The summed E-state index contributed by atoms with van der Waals surface area (Å²) in [5, 5.41) is 3.97. The number of carbonyl (C=O) groups is 1. The highest BCUT2D eigenvalue weighted by molar-refractivity contribution is 5.95. The van der Waals surface area contributed by atoms with Gasteiger partial charge >= 0.3 is 0 Å². The fraction of sp³-hybridized carbons (Fsp3) is 0.273. The summed E-state index contributed by atoms with van der Waals surface area (Å²) in [6.45, 7) is 3.78. The van der Waals surface area contributed by atoms with Gasteiger partial charge in [0, 0.05) is 6.07 Å². The molecule has 0 aliphatic heterocycles. The van der Waals surface area contributed by atoms with Crippen LogP contribution in [0.25, 0.3) is 5.82 Å². The van der Waals surface area contributed by atoms with E-state index in [1.807, 2.05) is 13.8 Å². The van der Waals surface area contributed by atoms with E-state index in [9.17, 15) is 4.79 Å². The lowest BCUT2D eigenvalue weighted by Crippen LogP contribution is -2.14. The van der Waals surface area contributed by atoms with Gasteiger partial charge in [-0.05, 0) is 13.8 Å². The summed E-state index contributed by atoms with van der Waals surface area (Å²) in [4.78, 5) is 19.1. The molecule has 2 rings (SSSR count). The van der Waals surface area contributed by atoms with Crippen LogP contribution in [0.5, 0.6) is 5.88 Å². The fourth-order valence-electron chi connectivity index (χ4n) is 1.46. The molecule has 0 fully saturated rings. The van der Waals surface area contributed by atoms with E-state index in [1.165, 1.54) is 17.2 Å². The maximum atomic E-state index is 11.1. The van der Waals surface area contributed by atoms with Crippen molar-refractivity contribution in [3.63, 3.8) is 0 Å². The maximum Gasteiger partial charge on any atom is 0.271 e. The predicted octanol–water partition coefficient (Wildman–Crippen LogP) is 0.131. The highest BCUT2D eigenvalue weighted by atomic mass is 16.5. The summed E-state index contributed by atoms with van der Waals surface area (Å²) in [7, 11) is 0. The van der Waals surface area contributed by atoms with Crippen LogP contribution in [0, 0.1) is 0 Å². The number of anilines is 1. The number of nitrogens with two attached hydrogens (primary N) is 2. The molecule has 0 aliphatic carbocycles. The third-order valence-corrected chi connectivity index (χ3v) is 2.19. The van der Waals surface area contributed by atoms with E-state index in [-0.39, 0.29) is 17.5 Å². The minimum atomic E-state index is -0.691. The summed E-state index contributed by atoms with van der Waals surface area (Å²) >= 11 is 0. The fourth-order valence-corrected chi connectivity index (χ4v) is 1.46. The zero-order valence-electron chi connectivity index (χ0n) is 10.6. The molecule has 0 aliphatic rings. The second-order valence-corrected chi connectivity index (χ2v) is 4.12. The first-order valence-electron chi connectivity index (χ1n) is 5.61. The van der Waals surface area contributed by atoms with E-state index in [4.69, 9.17) is 16.2 Å². The van der Waals surface area contributed by atoms with E-state index in [2.05, 4.69) is 15.1 Å². The van der Waals surface area contributed by atoms with Gasteiger partial charge in [0.1, 0.15) is 6.33 Å². The molecule has 0 saturated heterocycles. The Balaban J connectivity index is 2.36. The second kappa shape index (κ2) is 4.92. The van der Waals surface area contributed by atoms with Crippen LogP contribution in [-0.4, -0.2) is 31.8 Å². The van der Waals surface area contributed by atoms with Gasteiger partial charge in [-0.15, -0.1) is 0 Å². The summed E-state index contributed by atoms with van der Waals surface area (Å²) in [5.74, 6) is 0.156. The molecule has 0 unspecified atom stereocenters. The highest BCUT2D eigenvalue weighted by Gasteiger charge is 2.13. The number of amides is 1. The topological polar surface area (TPSA) is 122 Å². The van der Waals surface area contributed by atoms with Gasteiger partial charge in [0.05, 0.1) is 18.0 Å². The number of nitrogen functional groups attached to an aromatic ring is 1. The molecule has 19 heavy (non-hydrogen) atoms. The Kier molecular flexibility index (Phi) is 3.32.